The van der Waals surface area contributed by atoms with Gasteiger partial charge in [0.05, 0.1) is 0 Å². The Balaban J connectivity index is 0.000000391. The van der Waals surface area contributed by atoms with Gasteiger partial charge in [-0.25, -0.2) is 0 Å². The normalized spacial score (nSPS) is 10.6. The van der Waals surface area contributed by atoms with Crippen LogP contribution in [0.25, 0.3) is 0 Å². The Labute approximate surface area is 244 Å². The first-order valence-corrected chi connectivity index (χ1v) is 16.9. The number of nitrogens with one attached hydrogen (secondary N) is 2. The maximum atomic E-state index is 3.48. The third-order valence-corrected chi connectivity index (χ3v) is 7.52. The van der Waals surface area contributed by atoms with Crippen LogP contribution >= 0.6 is 0 Å². The summed E-state index contributed by atoms with van der Waals surface area (Å²) in [6.45, 7) is 6.79. The summed E-state index contributed by atoms with van der Waals surface area (Å²) in [5.74, 6) is 0. The molecule has 0 aromatic heterocycles. The van der Waals surface area contributed by atoms with Crippen molar-refractivity contribution in [1.82, 2.24) is 0 Å². The van der Waals surface area contributed by atoms with Crippen molar-refractivity contribution in [3.8, 4) is 0 Å². The molecule has 0 saturated carbocycles. The molecule has 0 radical (unpaired) electrons. The van der Waals surface area contributed by atoms with E-state index in [4.69, 9.17) is 0 Å². The van der Waals surface area contributed by atoms with Crippen LogP contribution in [0.15, 0.2) is 60.7 Å². The van der Waals surface area contributed by atoms with Crippen LogP contribution in [0.3, 0.4) is 0 Å². The molecule has 2 N–H and O–H groups in total. The zero-order chi connectivity index (χ0) is 27.9. The standard InChI is InChI=1S/C19H33N.C18H31N/c1-2-3-4-5-6-7-8-9-10-11-15-18-20-19-16-13-12-14-17-19;1-2-3-4-5-6-7-8-9-10-14-17-19-18-15-12-11-13-16-18/h12-14,16-17,20H,2-11,15,18H2,1H3;11-13,15-16,19H,2-10,14,17H2,1H3. The van der Waals surface area contributed by atoms with E-state index in [0.29, 0.717) is 0 Å². The maximum absolute atomic E-state index is 3.48. The molecular weight excluding hydrogens is 472 g/mol. The van der Waals surface area contributed by atoms with Crippen LogP contribution in [-0.2, 0) is 0 Å². The molecule has 0 aliphatic heterocycles. The second-order valence-electron chi connectivity index (χ2n) is 11.3. The van der Waals surface area contributed by atoms with Crippen molar-refractivity contribution in [1.29, 1.82) is 0 Å². The minimum Gasteiger partial charge on any atom is -0.385 e. The number of para-hydroxylation sites is 2. The SMILES string of the molecule is CCCCCCCCCCCCCNc1ccccc1.CCCCCCCCCCCCNc1ccccc1. The van der Waals surface area contributed by atoms with Crippen molar-refractivity contribution in [3.63, 3.8) is 0 Å². The van der Waals surface area contributed by atoms with Crippen molar-refractivity contribution in [2.75, 3.05) is 23.7 Å². The molecule has 0 aliphatic rings. The number of hydrogen-bond donors (Lipinski definition) is 2. The summed E-state index contributed by atoms with van der Waals surface area (Å²) in [6, 6.07) is 21.0. The lowest BCUT2D eigenvalue weighted by Gasteiger charge is -2.06. The smallest absolute Gasteiger partial charge is 0.0340 e. The number of rotatable bonds is 25. The monoisotopic (exact) mass is 537 g/mol. The summed E-state index contributed by atoms with van der Waals surface area (Å²) in [5.41, 5.74) is 2.50. The molecule has 222 valence electrons. The quantitative estimate of drug-likeness (QED) is 0.123. The highest BCUT2D eigenvalue weighted by molar-refractivity contribution is 5.42. The van der Waals surface area contributed by atoms with Gasteiger partial charge in [-0.05, 0) is 37.1 Å². The van der Waals surface area contributed by atoms with Gasteiger partial charge >= 0.3 is 0 Å². The summed E-state index contributed by atoms with van der Waals surface area (Å²) in [7, 11) is 0. The van der Waals surface area contributed by atoms with Gasteiger partial charge in [-0.2, -0.15) is 0 Å². The van der Waals surface area contributed by atoms with Gasteiger partial charge in [-0.3, -0.25) is 0 Å². The summed E-state index contributed by atoms with van der Waals surface area (Å²) < 4.78 is 0. The third kappa shape index (κ3) is 24.8. The molecule has 0 heterocycles. The highest BCUT2D eigenvalue weighted by Crippen LogP contribution is 2.13. The van der Waals surface area contributed by atoms with E-state index in [1.165, 1.54) is 146 Å². The lowest BCUT2D eigenvalue weighted by atomic mass is 10.1. The molecule has 0 amide bonds. The Bertz CT molecular complexity index is 700. The molecule has 2 aromatic rings. The minimum absolute atomic E-state index is 1.11. The van der Waals surface area contributed by atoms with Crippen LogP contribution in [0.5, 0.6) is 0 Å². The van der Waals surface area contributed by atoms with Crippen molar-refractivity contribution < 1.29 is 0 Å². The summed E-state index contributed by atoms with van der Waals surface area (Å²) in [5, 5.41) is 6.95. The molecule has 2 nitrogen and oxygen atoms in total. The summed E-state index contributed by atoms with van der Waals surface area (Å²) in [4.78, 5) is 0. The molecule has 39 heavy (non-hydrogen) atoms. The summed E-state index contributed by atoms with van der Waals surface area (Å²) >= 11 is 0. The van der Waals surface area contributed by atoms with Crippen molar-refractivity contribution in [2.24, 2.45) is 0 Å². The van der Waals surface area contributed by atoms with Crippen molar-refractivity contribution in [3.05, 3.63) is 60.7 Å². The van der Waals surface area contributed by atoms with Gasteiger partial charge in [0.1, 0.15) is 0 Å². The second kappa shape index (κ2) is 29.0. The highest BCUT2D eigenvalue weighted by Gasteiger charge is 1.95. The fourth-order valence-electron chi connectivity index (χ4n) is 4.98. The van der Waals surface area contributed by atoms with Crippen LogP contribution < -0.4 is 10.6 Å². The number of unbranched alkanes of at least 4 members (excludes halogenated alkanes) is 19. The topological polar surface area (TPSA) is 24.1 Å². The zero-order valence-corrected chi connectivity index (χ0v) is 26.0. The van der Waals surface area contributed by atoms with E-state index in [0.717, 1.165) is 13.1 Å². The van der Waals surface area contributed by atoms with Gasteiger partial charge < -0.3 is 10.6 Å². The van der Waals surface area contributed by atoms with Gasteiger partial charge in [0.2, 0.25) is 0 Å². The lowest BCUT2D eigenvalue weighted by Crippen LogP contribution is -2.00. The molecule has 0 bridgehead atoms. The van der Waals surface area contributed by atoms with Crippen LogP contribution in [0.2, 0.25) is 0 Å². The predicted molar refractivity (Wildman–Crippen MR) is 178 cm³/mol. The van der Waals surface area contributed by atoms with Gasteiger partial charge in [-0.1, -0.05) is 172 Å². The second-order valence-corrected chi connectivity index (χ2v) is 11.3. The van der Waals surface area contributed by atoms with Crippen molar-refractivity contribution >= 4 is 11.4 Å². The molecule has 0 atom stereocenters. The van der Waals surface area contributed by atoms with E-state index in [1.807, 2.05) is 0 Å². The Kier molecular flexibility index (Phi) is 26.1. The van der Waals surface area contributed by atoms with Gasteiger partial charge in [0.25, 0.3) is 0 Å². The Morgan fingerprint density at radius 1 is 0.333 bits per heavy atom. The molecule has 2 rings (SSSR count). The molecule has 0 aliphatic carbocycles. The first kappa shape index (κ1) is 35.1. The van der Waals surface area contributed by atoms with Gasteiger partial charge in [0.15, 0.2) is 0 Å². The zero-order valence-electron chi connectivity index (χ0n) is 26.0. The third-order valence-electron chi connectivity index (χ3n) is 7.52. The minimum atomic E-state index is 1.11. The molecular formula is C37H64N2. The highest BCUT2D eigenvalue weighted by atomic mass is 14.9. The van der Waals surface area contributed by atoms with Crippen molar-refractivity contribution in [2.45, 2.75) is 149 Å². The van der Waals surface area contributed by atoms with E-state index in [1.54, 1.807) is 0 Å². The lowest BCUT2D eigenvalue weighted by molar-refractivity contribution is 0.552. The average molecular weight is 537 g/mol. The van der Waals surface area contributed by atoms with Gasteiger partial charge in [0, 0.05) is 24.5 Å². The van der Waals surface area contributed by atoms with E-state index >= 15 is 0 Å². The Morgan fingerprint density at radius 3 is 0.872 bits per heavy atom. The van der Waals surface area contributed by atoms with Gasteiger partial charge in [-0.15, -0.1) is 0 Å². The Morgan fingerprint density at radius 2 is 0.590 bits per heavy atom. The average Bonchev–Trinajstić information content (AvgIpc) is 2.98. The number of hydrogen-bond acceptors (Lipinski definition) is 2. The Hall–Kier alpha value is -1.96. The maximum Gasteiger partial charge on any atom is 0.0340 e. The molecule has 0 unspecified atom stereocenters. The summed E-state index contributed by atoms with van der Waals surface area (Å²) in [6.07, 6.45) is 29.6. The molecule has 0 fully saturated rings. The predicted octanol–water partition coefficient (Wildman–Crippen LogP) is 12.4. The van der Waals surface area contributed by atoms with E-state index in [-0.39, 0.29) is 0 Å². The molecule has 0 spiro atoms. The fraction of sp³-hybridized carbons (Fsp3) is 0.676. The number of anilines is 2. The van der Waals surface area contributed by atoms with E-state index < -0.39 is 0 Å². The first-order chi connectivity index (χ1) is 19.4. The molecule has 2 heteroatoms. The van der Waals surface area contributed by atoms with Crippen LogP contribution in [0.4, 0.5) is 11.4 Å². The fourth-order valence-corrected chi connectivity index (χ4v) is 4.98. The molecule has 2 aromatic carbocycles. The van der Waals surface area contributed by atoms with E-state index in [9.17, 15) is 0 Å². The number of benzene rings is 2. The van der Waals surface area contributed by atoms with Crippen LogP contribution in [0, 0.1) is 0 Å². The van der Waals surface area contributed by atoms with Crippen LogP contribution in [-0.4, -0.2) is 13.1 Å². The van der Waals surface area contributed by atoms with E-state index in [2.05, 4.69) is 85.1 Å². The largest absolute Gasteiger partial charge is 0.385 e. The molecule has 0 saturated heterocycles. The first-order valence-electron chi connectivity index (χ1n) is 16.9. The van der Waals surface area contributed by atoms with Crippen LogP contribution in [0.1, 0.15) is 149 Å².